The number of carbonyl (C=O) groups excluding carboxylic acids is 1. The summed E-state index contributed by atoms with van der Waals surface area (Å²) in [5.74, 6) is 0.632. The van der Waals surface area contributed by atoms with Crippen molar-refractivity contribution in [1.29, 1.82) is 0 Å². The number of aromatic nitrogens is 5. The maximum atomic E-state index is 11.7. The number of anilines is 1. The average Bonchev–Trinajstić information content (AvgIpc) is 3.18. The van der Waals surface area contributed by atoms with E-state index in [1.54, 1.807) is 41.3 Å². The number of phenols is 1. The third kappa shape index (κ3) is 4.29. The van der Waals surface area contributed by atoms with Crippen LogP contribution in [0.25, 0.3) is 22.4 Å². The molecule has 29 heavy (non-hydrogen) atoms. The number of hydrogen-bond donors (Lipinski definition) is 3. The third-order valence-electron chi connectivity index (χ3n) is 4.20. The largest absolute Gasteiger partial charge is 0.508 e. The molecule has 3 aromatic heterocycles. The number of carbonyl (C=O) groups is 1. The van der Waals surface area contributed by atoms with Gasteiger partial charge < -0.3 is 10.4 Å². The fraction of sp³-hybridized carbons (Fsp3) is 0.150. The molecule has 4 aromatic rings. The molecular formula is C20H19N7O2. The summed E-state index contributed by atoms with van der Waals surface area (Å²) in [6.45, 7) is 2.94. The molecule has 0 aliphatic heterocycles. The zero-order valence-electron chi connectivity index (χ0n) is 15.7. The highest BCUT2D eigenvalue weighted by Crippen LogP contribution is 2.19. The van der Waals surface area contributed by atoms with Crippen molar-refractivity contribution in [2.75, 3.05) is 11.9 Å². The van der Waals surface area contributed by atoms with E-state index >= 15 is 0 Å². The molecule has 2 amide bonds. The van der Waals surface area contributed by atoms with Crippen molar-refractivity contribution < 1.29 is 9.90 Å². The number of rotatable bonds is 5. The highest BCUT2D eigenvalue weighted by atomic mass is 16.3. The SMILES string of the molecule is CCNC(=O)Nc1ccc2ncc(-c3cnn(Cc4ccc(O)cc4)c3)nc2n1. The van der Waals surface area contributed by atoms with Crippen molar-refractivity contribution in [2.24, 2.45) is 0 Å². The number of nitrogens with one attached hydrogen (secondary N) is 2. The summed E-state index contributed by atoms with van der Waals surface area (Å²) < 4.78 is 1.79. The molecule has 0 fully saturated rings. The quantitative estimate of drug-likeness (QED) is 0.483. The van der Waals surface area contributed by atoms with Gasteiger partial charge >= 0.3 is 6.03 Å². The van der Waals surface area contributed by atoms with Gasteiger partial charge in [-0.3, -0.25) is 15.0 Å². The minimum absolute atomic E-state index is 0.231. The summed E-state index contributed by atoms with van der Waals surface area (Å²) in [5, 5.41) is 19.1. The number of benzene rings is 1. The van der Waals surface area contributed by atoms with Crippen molar-refractivity contribution in [3.63, 3.8) is 0 Å². The Morgan fingerprint density at radius 3 is 2.72 bits per heavy atom. The fourth-order valence-corrected chi connectivity index (χ4v) is 2.80. The molecule has 0 atom stereocenters. The number of amides is 2. The Morgan fingerprint density at radius 2 is 1.93 bits per heavy atom. The van der Waals surface area contributed by atoms with Crippen LogP contribution in [0.4, 0.5) is 10.6 Å². The van der Waals surface area contributed by atoms with Gasteiger partial charge in [-0.2, -0.15) is 5.10 Å². The monoisotopic (exact) mass is 389 g/mol. The first kappa shape index (κ1) is 18.4. The molecule has 0 saturated heterocycles. The Kier molecular flexibility index (Phi) is 5.02. The number of hydrogen-bond acceptors (Lipinski definition) is 6. The zero-order chi connectivity index (χ0) is 20.2. The molecule has 0 radical (unpaired) electrons. The van der Waals surface area contributed by atoms with E-state index in [9.17, 15) is 9.90 Å². The Morgan fingerprint density at radius 1 is 1.10 bits per heavy atom. The van der Waals surface area contributed by atoms with Crippen molar-refractivity contribution in [3.8, 4) is 17.0 Å². The zero-order valence-corrected chi connectivity index (χ0v) is 15.7. The summed E-state index contributed by atoms with van der Waals surface area (Å²) in [6.07, 6.45) is 5.26. The van der Waals surface area contributed by atoms with E-state index in [0.717, 1.165) is 11.1 Å². The minimum Gasteiger partial charge on any atom is -0.508 e. The molecule has 0 unspecified atom stereocenters. The van der Waals surface area contributed by atoms with Crippen LogP contribution in [0.5, 0.6) is 5.75 Å². The summed E-state index contributed by atoms with van der Waals surface area (Å²) in [4.78, 5) is 25.0. The van der Waals surface area contributed by atoms with Gasteiger partial charge in [0.25, 0.3) is 0 Å². The van der Waals surface area contributed by atoms with E-state index in [1.165, 1.54) is 0 Å². The van der Waals surface area contributed by atoms with E-state index in [1.807, 2.05) is 25.3 Å². The number of aromatic hydroxyl groups is 1. The van der Waals surface area contributed by atoms with Gasteiger partial charge in [-0.15, -0.1) is 0 Å². The molecule has 3 N–H and O–H groups in total. The molecule has 4 rings (SSSR count). The van der Waals surface area contributed by atoms with E-state index < -0.39 is 0 Å². The van der Waals surface area contributed by atoms with Crippen LogP contribution in [0.15, 0.2) is 55.0 Å². The van der Waals surface area contributed by atoms with Gasteiger partial charge in [-0.25, -0.2) is 14.8 Å². The van der Waals surface area contributed by atoms with Gasteiger partial charge in [0.05, 0.1) is 24.6 Å². The molecule has 0 aliphatic rings. The van der Waals surface area contributed by atoms with Crippen molar-refractivity contribution in [3.05, 3.63) is 60.6 Å². The lowest BCUT2D eigenvalue weighted by atomic mass is 10.2. The summed E-state index contributed by atoms with van der Waals surface area (Å²) in [5.41, 5.74) is 3.53. The Bertz CT molecular complexity index is 1160. The van der Waals surface area contributed by atoms with Crippen molar-refractivity contribution in [2.45, 2.75) is 13.5 Å². The summed E-state index contributed by atoms with van der Waals surface area (Å²) in [7, 11) is 0. The number of nitrogens with zero attached hydrogens (tertiary/aromatic N) is 5. The Hall–Kier alpha value is -4.01. The lowest BCUT2D eigenvalue weighted by Crippen LogP contribution is -2.28. The molecule has 9 heteroatoms. The van der Waals surface area contributed by atoms with Gasteiger partial charge in [0.15, 0.2) is 5.65 Å². The van der Waals surface area contributed by atoms with Gasteiger partial charge in [0.2, 0.25) is 0 Å². The minimum atomic E-state index is -0.320. The molecule has 0 spiro atoms. The lowest BCUT2D eigenvalue weighted by Gasteiger charge is -2.06. The first-order chi connectivity index (χ1) is 14.1. The van der Waals surface area contributed by atoms with Crippen LogP contribution in [-0.4, -0.2) is 42.4 Å². The molecule has 1 aromatic carbocycles. The summed E-state index contributed by atoms with van der Waals surface area (Å²) in [6, 6.07) is 10.1. The smallest absolute Gasteiger partial charge is 0.320 e. The van der Waals surface area contributed by atoms with Crippen LogP contribution < -0.4 is 10.6 Å². The normalized spacial score (nSPS) is 10.8. The number of phenolic OH excluding ortho intramolecular Hbond substituents is 1. The molecule has 3 heterocycles. The van der Waals surface area contributed by atoms with Crippen LogP contribution in [0.2, 0.25) is 0 Å². The second-order valence-electron chi connectivity index (χ2n) is 6.37. The van der Waals surface area contributed by atoms with Gasteiger partial charge in [-0.1, -0.05) is 12.1 Å². The number of urea groups is 1. The first-order valence-corrected chi connectivity index (χ1v) is 9.10. The van der Waals surface area contributed by atoms with E-state index in [-0.39, 0.29) is 11.8 Å². The van der Waals surface area contributed by atoms with E-state index in [2.05, 4.69) is 30.7 Å². The molecular weight excluding hydrogens is 370 g/mol. The van der Waals surface area contributed by atoms with Gasteiger partial charge in [0.1, 0.15) is 17.1 Å². The van der Waals surface area contributed by atoms with Crippen LogP contribution >= 0.6 is 0 Å². The second kappa shape index (κ2) is 7.93. The molecule has 0 bridgehead atoms. The maximum absolute atomic E-state index is 11.7. The van der Waals surface area contributed by atoms with Gasteiger partial charge in [0, 0.05) is 18.3 Å². The summed E-state index contributed by atoms with van der Waals surface area (Å²) >= 11 is 0. The van der Waals surface area contributed by atoms with Gasteiger partial charge in [-0.05, 0) is 36.8 Å². The highest BCUT2D eigenvalue weighted by molar-refractivity contribution is 5.89. The molecule has 0 saturated carbocycles. The topological polar surface area (TPSA) is 118 Å². The van der Waals surface area contributed by atoms with Crippen LogP contribution in [0.3, 0.4) is 0 Å². The lowest BCUT2D eigenvalue weighted by molar-refractivity contribution is 0.252. The van der Waals surface area contributed by atoms with E-state index in [4.69, 9.17) is 0 Å². The standard InChI is InChI=1S/C20H19N7O2/c1-2-21-20(29)26-18-8-7-16-19(25-18)24-17(10-22-16)14-9-23-27(12-14)11-13-3-5-15(28)6-4-13/h3-10,12,28H,2,11H2,1H3,(H2,21,24,25,26,29). The number of pyridine rings is 1. The predicted molar refractivity (Wildman–Crippen MR) is 108 cm³/mol. The molecule has 0 aliphatic carbocycles. The molecule has 146 valence electrons. The third-order valence-corrected chi connectivity index (χ3v) is 4.20. The van der Waals surface area contributed by atoms with Crippen LogP contribution in [0.1, 0.15) is 12.5 Å². The van der Waals surface area contributed by atoms with E-state index in [0.29, 0.717) is 35.8 Å². The maximum Gasteiger partial charge on any atom is 0.320 e. The second-order valence-corrected chi connectivity index (χ2v) is 6.37. The Balaban J connectivity index is 1.56. The highest BCUT2D eigenvalue weighted by Gasteiger charge is 2.09. The van der Waals surface area contributed by atoms with Crippen LogP contribution in [0, 0.1) is 0 Å². The Labute approximate surface area is 166 Å². The first-order valence-electron chi connectivity index (χ1n) is 9.10. The number of fused-ring (bicyclic) bond motifs is 1. The van der Waals surface area contributed by atoms with Crippen molar-refractivity contribution >= 4 is 23.0 Å². The average molecular weight is 389 g/mol. The predicted octanol–water partition coefficient (Wildman–Crippen LogP) is 2.78. The van der Waals surface area contributed by atoms with Crippen LogP contribution in [-0.2, 0) is 6.54 Å². The van der Waals surface area contributed by atoms with Crippen molar-refractivity contribution in [1.82, 2.24) is 30.0 Å². The molecule has 9 nitrogen and oxygen atoms in total. The fourth-order valence-electron chi connectivity index (χ4n) is 2.80.